The summed E-state index contributed by atoms with van der Waals surface area (Å²) < 4.78 is 0. The van der Waals surface area contributed by atoms with Gasteiger partial charge in [-0.05, 0) is 45.4 Å². The molecule has 1 saturated carbocycles. The average molecular weight is 201 g/mol. The standard InChI is InChI=1S/C11H23NO2/c1-9(4-3-7-13)12-11(2,8-14)10-5-6-10/h9-10,12-14H,3-8H2,1-2H3. The molecule has 1 aliphatic carbocycles. The van der Waals surface area contributed by atoms with Gasteiger partial charge in [-0.2, -0.15) is 0 Å². The fourth-order valence-corrected chi connectivity index (χ4v) is 2.05. The maximum atomic E-state index is 9.36. The molecule has 1 aliphatic rings. The average Bonchev–Trinajstić information content (AvgIpc) is 2.97. The second-order valence-electron chi connectivity index (χ2n) is 4.76. The molecule has 1 fully saturated rings. The molecule has 14 heavy (non-hydrogen) atoms. The zero-order chi connectivity index (χ0) is 10.6. The van der Waals surface area contributed by atoms with Crippen molar-refractivity contribution in [1.82, 2.24) is 5.32 Å². The Labute approximate surface area is 86.5 Å². The van der Waals surface area contributed by atoms with E-state index in [2.05, 4.69) is 19.2 Å². The van der Waals surface area contributed by atoms with Crippen LogP contribution >= 0.6 is 0 Å². The SMILES string of the molecule is CC(CCCO)NC(C)(CO)C1CC1. The normalized spacial score (nSPS) is 23.1. The van der Waals surface area contributed by atoms with E-state index in [1.54, 1.807) is 0 Å². The zero-order valence-corrected chi connectivity index (χ0v) is 9.29. The van der Waals surface area contributed by atoms with E-state index < -0.39 is 0 Å². The van der Waals surface area contributed by atoms with Gasteiger partial charge < -0.3 is 15.5 Å². The first-order chi connectivity index (χ1) is 6.62. The Balaban J connectivity index is 2.31. The smallest absolute Gasteiger partial charge is 0.0613 e. The Kier molecular flexibility index (Phi) is 4.35. The van der Waals surface area contributed by atoms with Crippen LogP contribution < -0.4 is 5.32 Å². The van der Waals surface area contributed by atoms with Crippen molar-refractivity contribution in [2.45, 2.75) is 51.1 Å². The third kappa shape index (κ3) is 3.23. The van der Waals surface area contributed by atoms with Gasteiger partial charge in [-0.25, -0.2) is 0 Å². The third-order valence-electron chi connectivity index (χ3n) is 3.18. The molecule has 0 saturated heterocycles. The Morgan fingerprint density at radius 2 is 2.07 bits per heavy atom. The van der Waals surface area contributed by atoms with Gasteiger partial charge in [0, 0.05) is 18.2 Å². The van der Waals surface area contributed by atoms with Crippen molar-refractivity contribution in [1.29, 1.82) is 0 Å². The van der Waals surface area contributed by atoms with Crippen LogP contribution in [0.2, 0.25) is 0 Å². The van der Waals surface area contributed by atoms with E-state index in [1.807, 2.05) is 0 Å². The molecule has 0 aromatic rings. The minimum atomic E-state index is -0.102. The minimum Gasteiger partial charge on any atom is -0.396 e. The molecule has 2 atom stereocenters. The largest absolute Gasteiger partial charge is 0.396 e. The molecule has 0 aromatic carbocycles. The number of nitrogens with one attached hydrogen (secondary N) is 1. The molecule has 0 aromatic heterocycles. The van der Waals surface area contributed by atoms with Gasteiger partial charge in [0.25, 0.3) is 0 Å². The van der Waals surface area contributed by atoms with Crippen LogP contribution in [0.4, 0.5) is 0 Å². The summed E-state index contributed by atoms with van der Waals surface area (Å²) in [5.41, 5.74) is -0.102. The highest BCUT2D eigenvalue weighted by molar-refractivity contribution is 4.98. The van der Waals surface area contributed by atoms with Crippen molar-refractivity contribution in [3.63, 3.8) is 0 Å². The maximum absolute atomic E-state index is 9.36. The van der Waals surface area contributed by atoms with Gasteiger partial charge in [-0.1, -0.05) is 0 Å². The lowest BCUT2D eigenvalue weighted by Gasteiger charge is -2.32. The van der Waals surface area contributed by atoms with Gasteiger partial charge in [-0.3, -0.25) is 0 Å². The van der Waals surface area contributed by atoms with E-state index in [0.29, 0.717) is 12.0 Å². The number of rotatable bonds is 7. The summed E-state index contributed by atoms with van der Waals surface area (Å²) in [6.45, 7) is 4.68. The molecule has 0 aliphatic heterocycles. The Bertz CT molecular complexity index is 171. The van der Waals surface area contributed by atoms with Crippen LogP contribution in [-0.2, 0) is 0 Å². The molecule has 0 heterocycles. The third-order valence-corrected chi connectivity index (χ3v) is 3.18. The molecule has 3 nitrogen and oxygen atoms in total. The summed E-state index contributed by atoms with van der Waals surface area (Å²) >= 11 is 0. The predicted octanol–water partition coefficient (Wildman–Crippen LogP) is 0.898. The molecule has 0 bridgehead atoms. The van der Waals surface area contributed by atoms with Crippen molar-refractivity contribution in [2.24, 2.45) is 5.92 Å². The van der Waals surface area contributed by atoms with Crippen molar-refractivity contribution < 1.29 is 10.2 Å². The Hall–Kier alpha value is -0.120. The van der Waals surface area contributed by atoms with Crippen LogP contribution in [0.1, 0.15) is 39.5 Å². The lowest BCUT2D eigenvalue weighted by atomic mass is 9.95. The van der Waals surface area contributed by atoms with E-state index in [0.717, 1.165) is 12.8 Å². The van der Waals surface area contributed by atoms with E-state index in [1.165, 1.54) is 12.8 Å². The summed E-state index contributed by atoms with van der Waals surface area (Å²) in [6.07, 6.45) is 4.27. The highest BCUT2D eigenvalue weighted by atomic mass is 16.3. The van der Waals surface area contributed by atoms with Gasteiger partial charge in [-0.15, -0.1) is 0 Å². The fraction of sp³-hybridized carbons (Fsp3) is 1.00. The van der Waals surface area contributed by atoms with E-state index in [-0.39, 0.29) is 18.8 Å². The number of aliphatic hydroxyl groups is 2. The van der Waals surface area contributed by atoms with Gasteiger partial charge >= 0.3 is 0 Å². The van der Waals surface area contributed by atoms with Crippen LogP contribution in [-0.4, -0.2) is 35.0 Å². The van der Waals surface area contributed by atoms with Crippen LogP contribution in [0.25, 0.3) is 0 Å². The number of aliphatic hydroxyl groups excluding tert-OH is 2. The summed E-state index contributed by atoms with van der Waals surface area (Å²) in [5, 5.41) is 21.6. The van der Waals surface area contributed by atoms with Crippen LogP contribution in [0, 0.1) is 5.92 Å². The highest BCUT2D eigenvalue weighted by Crippen LogP contribution is 2.39. The first-order valence-electron chi connectivity index (χ1n) is 5.62. The monoisotopic (exact) mass is 201 g/mol. The zero-order valence-electron chi connectivity index (χ0n) is 9.29. The van der Waals surface area contributed by atoms with Crippen LogP contribution in [0.15, 0.2) is 0 Å². The minimum absolute atomic E-state index is 0.102. The summed E-state index contributed by atoms with van der Waals surface area (Å²) in [7, 11) is 0. The first kappa shape index (κ1) is 12.0. The van der Waals surface area contributed by atoms with Crippen molar-refractivity contribution >= 4 is 0 Å². The second kappa shape index (κ2) is 5.10. The van der Waals surface area contributed by atoms with Gasteiger partial charge in [0.1, 0.15) is 0 Å². The number of hydrogen-bond acceptors (Lipinski definition) is 3. The maximum Gasteiger partial charge on any atom is 0.0613 e. The molecule has 3 heteroatoms. The lowest BCUT2D eigenvalue weighted by molar-refractivity contribution is 0.140. The molecular weight excluding hydrogens is 178 g/mol. The molecule has 0 radical (unpaired) electrons. The second-order valence-corrected chi connectivity index (χ2v) is 4.76. The van der Waals surface area contributed by atoms with Crippen molar-refractivity contribution in [2.75, 3.05) is 13.2 Å². The first-order valence-corrected chi connectivity index (χ1v) is 5.62. The fourth-order valence-electron chi connectivity index (χ4n) is 2.05. The van der Waals surface area contributed by atoms with Crippen LogP contribution in [0.3, 0.4) is 0 Å². The molecule has 3 N–H and O–H groups in total. The van der Waals surface area contributed by atoms with Gasteiger partial charge in [0.05, 0.1) is 6.61 Å². The molecular formula is C11H23NO2. The van der Waals surface area contributed by atoms with Gasteiger partial charge in [0.15, 0.2) is 0 Å². The summed E-state index contributed by atoms with van der Waals surface area (Å²) in [4.78, 5) is 0. The predicted molar refractivity (Wildman–Crippen MR) is 57.1 cm³/mol. The van der Waals surface area contributed by atoms with E-state index in [4.69, 9.17) is 5.11 Å². The quantitative estimate of drug-likeness (QED) is 0.573. The van der Waals surface area contributed by atoms with Crippen molar-refractivity contribution in [3.05, 3.63) is 0 Å². The summed E-state index contributed by atoms with van der Waals surface area (Å²) in [6, 6.07) is 0.375. The number of hydrogen-bond donors (Lipinski definition) is 3. The molecule has 2 unspecified atom stereocenters. The Morgan fingerprint density at radius 3 is 2.50 bits per heavy atom. The topological polar surface area (TPSA) is 52.5 Å². The molecule has 1 rings (SSSR count). The van der Waals surface area contributed by atoms with E-state index in [9.17, 15) is 5.11 Å². The van der Waals surface area contributed by atoms with Crippen molar-refractivity contribution in [3.8, 4) is 0 Å². The molecule has 84 valence electrons. The Morgan fingerprint density at radius 1 is 1.43 bits per heavy atom. The molecule has 0 amide bonds. The lowest BCUT2D eigenvalue weighted by Crippen LogP contribution is -2.51. The highest BCUT2D eigenvalue weighted by Gasteiger charge is 2.41. The van der Waals surface area contributed by atoms with Crippen LogP contribution in [0.5, 0.6) is 0 Å². The van der Waals surface area contributed by atoms with E-state index >= 15 is 0 Å². The molecule has 0 spiro atoms. The summed E-state index contributed by atoms with van der Waals surface area (Å²) in [5.74, 6) is 0.643. The van der Waals surface area contributed by atoms with Gasteiger partial charge in [0.2, 0.25) is 0 Å².